The van der Waals surface area contributed by atoms with E-state index in [4.69, 9.17) is 66.7 Å². The molecule has 3 heterocycles. The van der Waals surface area contributed by atoms with Crippen LogP contribution < -0.4 is 69.2 Å². The number of carboxylic acid groups (broad SMARTS) is 1. The van der Waals surface area contributed by atoms with Gasteiger partial charge in [0.25, 0.3) is 17.7 Å². The van der Waals surface area contributed by atoms with Crippen molar-refractivity contribution in [2.75, 3.05) is 57.1 Å². The number of aliphatic carboxylic acids is 1. The number of aromatic nitrogens is 3. The van der Waals surface area contributed by atoms with Gasteiger partial charge in [-0.05, 0) is 263 Å². The van der Waals surface area contributed by atoms with Gasteiger partial charge in [0.15, 0.2) is 34.5 Å². The predicted octanol–water partition coefficient (Wildman–Crippen LogP) is 24.2. The Kier molecular flexibility index (Phi) is 42.2. The second kappa shape index (κ2) is 54.1. The van der Waals surface area contributed by atoms with Gasteiger partial charge in [0.05, 0.1) is 69.7 Å². The van der Waals surface area contributed by atoms with Gasteiger partial charge in [-0.3, -0.25) is 34.1 Å². The number of hydrogen-bond acceptors (Lipinski definition) is 25. The van der Waals surface area contributed by atoms with Crippen LogP contribution in [0.2, 0.25) is 0 Å². The van der Waals surface area contributed by atoms with Crippen molar-refractivity contribution in [1.82, 2.24) is 25.6 Å². The molecule has 0 bridgehead atoms. The van der Waals surface area contributed by atoms with E-state index < -0.39 is 47.4 Å². The zero-order valence-corrected chi connectivity index (χ0v) is 81.6. The van der Waals surface area contributed by atoms with Gasteiger partial charge >= 0.3 is 30.1 Å². The van der Waals surface area contributed by atoms with E-state index >= 15 is 0 Å². The Morgan fingerprint density at radius 1 is 0.375 bits per heavy atom. The van der Waals surface area contributed by atoms with Crippen LogP contribution in [0.5, 0.6) is 69.0 Å². The lowest BCUT2D eigenvalue weighted by Crippen LogP contribution is -2.46. The van der Waals surface area contributed by atoms with Crippen molar-refractivity contribution in [1.29, 1.82) is 0 Å². The van der Waals surface area contributed by atoms with Gasteiger partial charge < -0.3 is 98.4 Å². The molecule has 766 valence electrons. The Morgan fingerprint density at radius 2 is 0.688 bits per heavy atom. The van der Waals surface area contributed by atoms with Crippen LogP contribution in [-0.4, -0.2) is 156 Å². The third-order valence-electron chi connectivity index (χ3n) is 23.5. The summed E-state index contributed by atoms with van der Waals surface area (Å²) in [5.74, 6) is 4.52. The van der Waals surface area contributed by atoms with E-state index in [0.29, 0.717) is 155 Å². The fourth-order valence-electron chi connectivity index (χ4n) is 15.7. The summed E-state index contributed by atoms with van der Waals surface area (Å²) in [7, 11) is 4.59. The van der Waals surface area contributed by atoms with Crippen molar-refractivity contribution < 1.29 is 110 Å². The number of carbonyl (C=O) groups excluding carboxylic acids is 7. The number of hydrogen-bond donors (Lipinski definition) is 7. The van der Waals surface area contributed by atoms with Gasteiger partial charge in [-0.15, -0.1) is 0 Å². The maximum Gasteiger partial charge on any atom is 0.408 e. The summed E-state index contributed by atoms with van der Waals surface area (Å²) >= 11 is 0. The lowest BCUT2D eigenvalue weighted by atomic mass is 10.1. The van der Waals surface area contributed by atoms with E-state index in [0.717, 1.165) is 50.3 Å². The molecule has 9 aromatic carbocycles. The van der Waals surface area contributed by atoms with Gasteiger partial charge in [0, 0.05) is 99.5 Å². The number of alkyl carbamates (subject to hydrolysis) is 2. The number of nitrogens with one attached hydrogen (secondary N) is 5. The standard InChI is InChI=1S/C38H43N3O8.C34H36N2O6.C32H33N3O8.C6H12O.3CH4/c1-24-10-9-13-31(24)48-36(43)29(41-37(44)49-38(2,3)4)19-21-46-34-23-30-28(22-33(34)45-5)32(18-20-39-30)47-27-16-14-26(15-17-27)40-35(42)25-11-7-6-8-12-25;1-22-8-7-11-29(22)42-34(38)23(2)17-19-40-32-21-28-27(20-31(32)39-3)30(16-18-35-28)41-26-14-12-25(13-15-26)36-33(37)24-9-5-4-6-10-24;1-32(2,3)43-31(39)35-24(30(37)38)15-17-41-28-19-25-23(18-27(28)40-4)26(14-16-33-25)42-22-12-10-21(11-13-22)34-29(36)20-8-6-5-7-9-20;1-5-3-2-4-6(5)7;;;/h6-8,11-12,14-18,20,22-24,29,31H,9-10,13,19,21H2,1-5H3,(H,40,42)(H,41,44);4-6,9-10,12-16,18,20-23,29H,7-8,11,17,19H2,1-3H3,(H,36,37);5-14,16,18-19,24H,15,17H2,1-4H3,(H,34,36)(H,35,39)(H,37,38);5-7H,2-4H2,1H3;3*1H4/t24?,29-,31?;22?,23-,29?;24-;;;;/m000..../s1. The quantitative estimate of drug-likeness (QED) is 0.0145. The summed E-state index contributed by atoms with van der Waals surface area (Å²) < 4.78 is 75.3. The van der Waals surface area contributed by atoms with Crippen LogP contribution >= 0.6 is 0 Å². The molecule has 3 aliphatic rings. The number of esters is 2. The van der Waals surface area contributed by atoms with Crippen molar-refractivity contribution in [2.24, 2.45) is 23.7 Å². The topological polar surface area (TPSA) is 396 Å². The summed E-state index contributed by atoms with van der Waals surface area (Å²) in [4.78, 5) is 113. The average molecular weight is 1970 g/mol. The van der Waals surface area contributed by atoms with Crippen LogP contribution in [0, 0.1) is 23.7 Å². The molecular formula is C113H136N8O23. The number of benzene rings is 9. The summed E-state index contributed by atoms with van der Waals surface area (Å²) in [6, 6.07) is 61.8. The number of anilines is 3. The summed E-state index contributed by atoms with van der Waals surface area (Å²) in [6.07, 6.45) is 13.3. The second-order valence-electron chi connectivity index (χ2n) is 36.6. The molecule has 0 radical (unpaired) electrons. The third-order valence-corrected chi connectivity index (χ3v) is 23.5. The minimum absolute atomic E-state index is 0. The van der Waals surface area contributed by atoms with E-state index in [9.17, 15) is 43.5 Å². The molecule has 0 spiro atoms. The van der Waals surface area contributed by atoms with E-state index in [1.165, 1.54) is 27.1 Å². The third kappa shape index (κ3) is 33.4. The molecule has 31 nitrogen and oxygen atoms in total. The van der Waals surface area contributed by atoms with Gasteiger partial charge in [0.1, 0.15) is 70.0 Å². The minimum atomic E-state index is -1.21. The molecule has 5 amide bonds. The van der Waals surface area contributed by atoms with E-state index in [1.54, 1.807) is 231 Å². The fraction of sp³-hybridized carbons (Fsp3) is 0.372. The maximum atomic E-state index is 13.2. The van der Waals surface area contributed by atoms with Gasteiger partial charge in [-0.25, -0.2) is 19.2 Å². The van der Waals surface area contributed by atoms with Crippen molar-refractivity contribution in [2.45, 2.75) is 210 Å². The van der Waals surface area contributed by atoms with Gasteiger partial charge in [-0.1, -0.05) is 111 Å². The molecular weight excluding hydrogens is 1840 g/mol. The summed E-state index contributed by atoms with van der Waals surface area (Å²) in [6.45, 7) is 18.9. The predicted molar refractivity (Wildman–Crippen MR) is 556 cm³/mol. The highest BCUT2D eigenvalue weighted by Crippen LogP contribution is 2.43. The number of pyridine rings is 3. The minimum Gasteiger partial charge on any atom is -0.493 e. The molecule has 31 heteroatoms. The number of aliphatic hydroxyl groups is 1. The lowest BCUT2D eigenvalue weighted by Gasteiger charge is -2.25. The Bertz CT molecular complexity index is 6200. The van der Waals surface area contributed by atoms with Crippen LogP contribution in [0.15, 0.2) is 237 Å². The van der Waals surface area contributed by atoms with Crippen molar-refractivity contribution in [3.63, 3.8) is 0 Å². The van der Waals surface area contributed by atoms with Gasteiger partial charge in [0.2, 0.25) is 0 Å². The highest BCUT2D eigenvalue weighted by Gasteiger charge is 2.34. The largest absolute Gasteiger partial charge is 0.493 e. The number of aliphatic hydroxyl groups excluding tert-OH is 1. The Hall–Kier alpha value is -15.3. The number of methoxy groups -OCH3 is 3. The molecule has 3 aliphatic carbocycles. The Balaban J connectivity index is 0.000000230. The first-order valence-electron chi connectivity index (χ1n) is 47.2. The van der Waals surface area contributed by atoms with Crippen LogP contribution in [0.3, 0.4) is 0 Å². The van der Waals surface area contributed by atoms with E-state index in [1.807, 2.05) is 61.5 Å². The molecule has 12 aromatic rings. The fourth-order valence-corrected chi connectivity index (χ4v) is 15.7. The van der Waals surface area contributed by atoms with Crippen molar-refractivity contribution in [3.8, 4) is 69.0 Å². The highest BCUT2D eigenvalue weighted by atomic mass is 16.6. The summed E-state index contributed by atoms with van der Waals surface area (Å²) in [5, 5.41) is 34.2. The number of ether oxygens (including phenoxy) is 13. The first kappa shape index (κ1) is 112. The van der Waals surface area contributed by atoms with Crippen LogP contribution in [0.25, 0.3) is 32.7 Å². The van der Waals surface area contributed by atoms with Gasteiger partial charge in [-0.2, -0.15) is 0 Å². The Morgan fingerprint density at radius 3 is 0.979 bits per heavy atom. The second-order valence-corrected chi connectivity index (χ2v) is 36.6. The zero-order chi connectivity index (χ0) is 101. The first-order valence-corrected chi connectivity index (χ1v) is 47.2. The van der Waals surface area contributed by atoms with Crippen LogP contribution in [0.1, 0.15) is 200 Å². The SMILES string of the molecule is C.C.C.CC1CCCC1O.COc1cc2c(Oc3ccc(NC(=O)c4ccccc4)cc3)ccnc2cc1OCC[C@H](C)C(=O)OC1CCCC1C.COc1cc2c(Oc3ccc(NC(=O)c4ccccc4)cc3)ccnc2cc1OCC[C@H](NC(=O)OC(C)(C)C)C(=O)O.COc1cc2c(Oc3ccc(NC(=O)c4ccccc4)cc3)ccnc2cc1OCC[C@H](NC(=O)OC(C)(C)C)C(=O)OC1CCCC1C. The first-order chi connectivity index (χ1) is 67.7. The molecule has 3 fully saturated rings. The van der Waals surface area contributed by atoms with E-state index in [2.05, 4.69) is 62.3 Å². The molecule has 15 rings (SSSR count). The average Bonchev–Trinajstić information content (AvgIpc) is 0.816. The normalized spacial score (nSPS) is 16.0. The van der Waals surface area contributed by atoms with Crippen molar-refractivity contribution in [3.05, 3.63) is 254 Å². The lowest BCUT2D eigenvalue weighted by molar-refractivity contribution is -0.155. The van der Waals surface area contributed by atoms with E-state index in [-0.39, 0.29) is 102 Å². The molecule has 9 atom stereocenters. The number of carbonyl (C=O) groups is 8. The monoisotopic (exact) mass is 1970 g/mol. The van der Waals surface area contributed by atoms with Crippen molar-refractivity contribution >= 4 is 97.6 Å². The number of amides is 5. The zero-order valence-electron chi connectivity index (χ0n) is 81.6. The smallest absolute Gasteiger partial charge is 0.408 e. The molecule has 144 heavy (non-hydrogen) atoms. The molecule has 0 saturated heterocycles. The highest BCUT2D eigenvalue weighted by molar-refractivity contribution is 6.06. The number of fused-ring (bicyclic) bond motifs is 3. The van der Waals surface area contributed by atoms with Crippen LogP contribution in [-0.2, 0) is 33.3 Å². The number of nitrogens with zero attached hydrogens (tertiary/aromatic N) is 3. The molecule has 3 saturated carbocycles. The molecule has 3 aromatic heterocycles. The number of carboxylic acids is 1. The summed E-state index contributed by atoms with van der Waals surface area (Å²) in [5.41, 5.74) is 3.97. The molecule has 6 unspecified atom stereocenters. The molecule has 7 N–H and O–H groups in total. The number of rotatable bonds is 34. The maximum absolute atomic E-state index is 13.2. The Labute approximate surface area is 842 Å². The van der Waals surface area contributed by atoms with Crippen LogP contribution in [0.4, 0.5) is 26.7 Å². The molecule has 0 aliphatic heterocycles.